The summed E-state index contributed by atoms with van der Waals surface area (Å²) in [6.07, 6.45) is 1.73. The van der Waals surface area contributed by atoms with Crippen molar-refractivity contribution in [2.75, 3.05) is 13.6 Å². The number of hydrogen-bond acceptors (Lipinski definition) is 2. The molecular formula is C15H24Cl2N2O. The van der Waals surface area contributed by atoms with E-state index < -0.39 is 6.04 Å². The number of rotatable bonds is 6. The minimum Gasteiger partial charge on any atom is -0.344 e. The quantitative estimate of drug-likeness (QED) is 0.875. The van der Waals surface area contributed by atoms with Gasteiger partial charge in [-0.3, -0.25) is 4.79 Å². The summed E-state index contributed by atoms with van der Waals surface area (Å²) in [6, 6.07) is 7.29. The molecule has 0 aliphatic carbocycles. The number of nitrogens with zero attached hydrogens (tertiary/aromatic N) is 1. The molecule has 20 heavy (non-hydrogen) atoms. The highest BCUT2D eigenvalue weighted by Gasteiger charge is 2.22. The number of hydrogen-bond donors (Lipinski definition) is 1. The molecule has 2 unspecified atom stereocenters. The van der Waals surface area contributed by atoms with Crippen molar-refractivity contribution in [1.29, 1.82) is 0 Å². The molecule has 5 heteroatoms. The van der Waals surface area contributed by atoms with Crippen LogP contribution >= 0.6 is 24.0 Å². The molecule has 1 rings (SSSR count). The average Bonchev–Trinajstić information content (AvgIpc) is 2.43. The first-order valence-electron chi connectivity index (χ1n) is 6.70. The van der Waals surface area contributed by atoms with E-state index in [-0.39, 0.29) is 24.2 Å². The lowest BCUT2D eigenvalue weighted by Crippen LogP contribution is -2.46. The summed E-state index contributed by atoms with van der Waals surface area (Å²) in [5.74, 6) is 0.230. The van der Waals surface area contributed by atoms with Gasteiger partial charge in [-0.15, -0.1) is 12.4 Å². The van der Waals surface area contributed by atoms with Crippen molar-refractivity contribution in [1.82, 2.24) is 4.90 Å². The van der Waals surface area contributed by atoms with Gasteiger partial charge in [-0.25, -0.2) is 0 Å². The van der Waals surface area contributed by atoms with Crippen molar-refractivity contribution < 1.29 is 4.79 Å². The number of likely N-dealkylation sites (N-methyl/N-ethyl adjacent to an activating group) is 1. The van der Waals surface area contributed by atoms with Crippen LogP contribution in [0.1, 0.15) is 25.8 Å². The zero-order valence-electron chi connectivity index (χ0n) is 12.3. The second-order valence-electron chi connectivity index (χ2n) is 5.05. The van der Waals surface area contributed by atoms with E-state index in [1.54, 1.807) is 11.9 Å². The lowest BCUT2D eigenvalue weighted by molar-refractivity contribution is -0.132. The van der Waals surface area contributed by atoms with Crippen LogP contribution in [-0.2, 0) is 11.2 Å². The van der Waals surface area contributed by atoms with Crippen LogP contribution in [0.2, 0.25) is 5.02 Å². The maximum atomic E-state index is 12.1. The third kappa shape index (κ3) is 5.70. The lowest BCUT2D eigenvalue weighted by atomic mass is 9.99. The van der Waals surface area contributed by atoms with Crippen LogP contribution in [-0.4, -0.2) is 30.4 Å². The molecule has 1 amide bonds. The highest BCUT2D eigenvalue weighted by atomic mass is 35.5. The van der Waals surface area contributed by atoms with Gasteiger partial charge >= 0.3 is 0 Å². The van der Waals surface area contributed by atoms with Gasteiger partial charge < -0.3 is 10.6 Å². The number of nitrogens with two attached hydrogens (primary N) is 1. The molecule has 0 heterocycles. The molecule has 1 aromatic rings. The molecule has 0 aliphatic rings. The molecule has 0 radical (unpaired) electrons. The Labute approximate surface area is 132 Å². The summed E-state index contributed by atoms with van der Waals surface area (Å²) in [5, 5.41) is 0.729. The van der Waals surface area contributed by atoms with E-state index in [1.165, 1.54) is 5.56 Å². The zero-order chi connectivity index (χ0) is 14.4. The van der Waals surface area contributed by atoms with Crippen LogP contribution in [0.15, 0.2) is 24.3 Å². The van der Waals surface area contributed by atoms with Crippen LogP contribution in [0.5, 0.6) is 0 Å². The Bertz CT molecular complexity index is 409. The summed E-state index contributed by atoms with van der Waals surface area (Å²) in [7, 11) is 1.81. The summed E-state index contributed by atoms with van der Waals surface area (Å²) in [4.78, 5) is 13.8. The molecule has 0 saturated heterocycles. The van der Waals surface area contributed by atoms with Gasteiger partial charge in [0.15, 0.2) is 0 Å². The molecule has 1 aromatic carbocycles. The first kappa shape index (κ1) is 19.2. The van der Waals surface area contributed by atoms with E-state index in [0.29, 0.717) is 6.54 Å². The van der Waals surface area contributed by atoms with E-state index in [2.05, 4.69) is 0 Å². The van der Waals surface area contributed by atoms with E-state index in [1.807, 2.05) is 38.1 Å². The standard InChI is InChI=1S/C15H23ClN2O.ClH/c1-4-11(2)14(17)15(19)18(3)10-9-12-5-7-13(16)8-6-12;/h5-8,11,14H,4,9-10,17H2,1-3H3;1H. The van der Waals surface area contributed by atoms with E-state index in [9.17, 15) is 4.79 Å². The van der Waals surface area contributed by atoms with Crippen molar-refractivity contribution in [3.05, 3.63) is 34.9 Å². The van der Waals surface area contributed by atoms with Crippen molar-refractivity contribution in [2.45, 2.75) is 32.7 Å². The van der Waals surface area contributed by atoms with Gasteiger partial charge in [-0.05, 0) is 30.0 Å². The third-order valence-corrected chi connectivity index (χ3v) is 3.82. The number of halogens is 2. The Kier molecular flexibility index (Phi) is 8.86. The van der Waals surface area contributed by atoms with Gasteiger partial charge in [-0.1, -0.05) is 44.0 Å². The number of carbonyl (C=O) groups is 1. The first-order chi connectivity index (χ1) is 8.95. The zero-order valence-corrected chi connectivity index (χ0v) is 13.9. The fourth-order valence-corrected chi connectivity index (χ4v) is 1.94. The van der Waals surface area contributed by atoms with Crippen LogP contribution in [0.25, 0.3) is 0 Å². The maximum absolute atomic E-state index is 12.1. The lowest BCUT2D eigenvalue weighted by Gasteiger charge is -2.24. The Morgan fingerprint density at radius 3 is 2.40 bits per heavy atom. The summed E-state index contributed by atoms with van der Waals surface area (Å²) in [6.45, 7) is 4.73. The van der Waals surface area contributed by atoms with E-state index in [4.69, 9.17) is 17.3 Å². The molecule has 2 atom stereocenters. The number of benzene rings is 1. The monoisotopic (exact) mass is 318 g/mol. The molecule has 0 aromatic heterocycles. The largest absolute Gasteiger partial charge is 0.344 e. The fraction of sp³-hybridized carbons (Fsp3) is 0.533. The van der Waals surface area contributed by atoms with Gasteiger partial charge in [0.1, 0.15) is 0 Å². The molecule has 0 fully saturated rings. The Morgan fingerprint density at radius 1 is 1.35 bits per heavy atom. The second-order valence-corrected chi connectivity index (χ2v) is 5.48. The molecule has 0 saturated carbocycles. The maximum Gasteiger partial charge on any atom is 0.239 e. The second kappa shape index (κ2) is 9.22. The average molecular weight is 319 g/mol. The Balaban J connectivity index is 0.00000361. The van der Waals surface area contributed by atoms with Gasteiger partial charge in [0.25, 0.3) is 0 Å². The highest BCUT2D eigenvalue weighted by molar-refractivity contribution is 6.30. The van der Waals surface area contributed by atoms with E-state index >= 15 is 0 Å². The molecule has 2 N–H and O–H groups in total. The highest BCUT2D eigenvalue weighted by Crippen LogP contribution is 2.11. The van der Waals surface area contributed by atoms with Crippen LogP contribution in [0.3, 0.4) is 0 Å². The topological polar surface area (TPSA) is 46.3 Å². The summed E-state index contributed by atoms with van der Waals surface area (Å²) in [5.41, 5.74) is 7.12. The predicted molar refractivity (Wildman–Crippen MR) is 87.5 cm³/mol. The van der Waals surface area contributed by atoms with Crippen molar-refractivity contribution in [3.63, 3.8) is 0 Å². The van der Waals surface area contributed by atoms with Crippen LogP contribution < -0.4 is 5.73 Å². The minimum atomic E-state index is -0.403. The summed E-state index contributed by atoms with van der Waals surface area (Å²) >= 11 is 5.84. The molecular weight excluding hydrogens is 295 g/mol. The predicted octanol–water partition coefficient (Wildman–Crippen LogP) is 3.14. The van der Waals surface area contributed by atoms with Gasteiger partial charge in [0, 0.05) is 18.6 Å². The van der Waals surface area contributed by atoms with Gasteiger partial charge in [0.2, 0.25) is 5.91 Å². The van der Waals surface area contributed by atoms with Crippen LogP contribution in [0, 0.1) is 5.92 Å². The summed E-state index contributed by atoms with van der Waals surface area (Å²) < 4.78 is 0. The molecule has 3 nitrogen and oxygen atoms in total. The van der Waals surface area contributed by atoms with Crippen molar-refractivity contribution in [3.8, 4) is 0 Å². The normalized spacial score (nSPS) is 13.2. The fourth-order valence-electron chi connectivity index (χ4n) is 1.81. The number of carbonyl (C=O) groups excluding carboxylic acids is 1. The van der Waals surface area contributed by atoms with Crippen molar-refractivity contribution in [2.24, 2.45) is 11.7 Å². The Hall–Kier alpha value is -0.770. The number of amides is 1. The smallest absolute Gasteiger partial charge is 0.239 e. The first-order valence-corrected chi connectivity index (χ1v) is 7.08. The minimum absolute atomic E-state index is 0. The molecule has 0 aliphatic heterocycles. The van der Waals surface area contributed by atoms with E-state index in [0.717, 1.165) is 17.9 Å². The van der Waals surface area contributed by atoms with Gasteiger partial charge in [0.05, 0.1) is 6.04 Å². The molecule has 0 spiro atoms. The molecule has 0 bridgehead atoms. The molecule has 114 valence electrons. The van der Waals surface area contributed by atoms with Gasteiger partial charge in [-0.2, -0.15) is 0 Å². The Morgan fingerprint density at radius 2 is 1.90 bits per heavy atom. The van der Waals surface area contributed by atoms with Crippen molar-refractivity contribution >= 4 is 29.9 Å². The SMILES string of the molecule is CCC(C)C(N)C(=O)N(C)CCc1ccc(Cl)cc1.Cl. The third-order valence-electron chi connectivity index (χ3n) is 3.57. The van der Waals surface area contributed by atoms with Crippen LogP contribution in [0.4, 0.5) is 0 Å².